The van der Waals surface area contributed by atoms with Gasteiger partial charge in [0.25, 0.3) is 0 Å². The molecule has 0 radical (unpaired) electrons. The summed E-state index contributed by atoms with van der Waals surface area (Å²) in [6, 6.07) is 6.32. The Labute approximate surface area is 150 Å². The highest BCUT2D eigenvalue weighted by molar-refractivity contribution is 5.64. The molecule has 1 aliphatic carbocycles. The summed E-state index contributed by atoms with van der Waals surface area (Å²) < 4.78 is 8.10. The van der Waals surface area contributed by atoms with Crippen molar-refractivity contribution in [2.45, 2.75) is 39.7 Å². The Balaban J connectivity index is 1.96. The van der Waals surface area contributed by atoms with Gasteiger partial charge in [-0.2, -0.15) is 0 Å². The fraction of sp³-hybridized carbons (Fsp3) is 0.476. The van der Waals surface area contributed by atoms with Gasteiger partial charge in [-0.3, -0.25) is 0 Å². The molecular weight excluding hydrogens is 310 g/mol. The van der Waals surface area contributed by atoms with Crippen molar-refractivity contribution in [3.8, 4) is 5.75 Å². The molecule has 0 N–H and O–H groups in total. The number of hydrogen-bond acceptors (Lipinski definition) is 3. The highest BCUT2D eigenvalue weighted by Gasteiger charge is 2.29. The Morgan fingerprint density at radius 3 is 2.84 bits per heavy atom. The Kier molecular flexibility index (Phi) is 4.63. The van der Waals surface area contributed by atoms with E-state index < -0.39 is 0 Å². The Hall–Kier alpha value is -2.23. The largest absolute Gasteiger partial charge is 0.493 e. The van der Waals surface area contributed by atoms with E-state index in [-0.39, 0.29) is 5.54 Å². The molecule has 0 spiro atoms. The topological polar surface area (TPSA) is 30.3 Å². The summed E-state index contributed by atoms with van der Waals surface area (Å²) in [4.78, 5) is 6.82. The molecule has 1 unspecified atom stereocenters. The van der Waals surface area contributed by atoms with Gasteiger partial charge in [-0.1, -0.05) is 26.0 Å². The van der Waals surface area contributed by atoms with Crippen LogP contribution in [0.25, 0.3) is 12.2 Å². The number of nitrogens with zero attached hydrogens (tertiary/aromatic N) is 3. The van der Waals surface area contributed by atoms with Gasteiger partial charge in [0.15, 0.2) is 0 Å². The predicted octanol–water partition coefficient (Wildman–Crippen LogP) is 2.62. The highest BCUT2D eigenvalue weighted by atomic mass is 16.5. The second-order valence-corrected chi connectivity index (χ2v) is 7.70. The lowest BCUT2D eigenvalue weighted by Gasteiger charge is -2.39. The van der Waals surface area contributed by atoms with Gasteiger partial charge in [0, 0.05) is 25.3 Å². The van der Waals surface area contributed by atoms with Crippen LogP contribution < -0.4 is 20.3 Å². The van der Waals surface area contributed by atoms with Crippen LogP contribution in [0.1, 0.15) is 32.8 Å². The van der Waals surface area contributed by atoms with E-state index in [4.69, 9.17) is 4.74 Å². The Bertz CT molecular complexity index is 881. The summed E-state index contributed by atoms with van der Waals surface area (Å²) in [5.74, 6) is 1.49. The number of aryl methyl sites for hydroxylation is 1. The number of fused-ring (bicyclic) bond motifs is 1. The molecule has 0 bridgehead atoms. The maximum atomic E-state index is 6.01. The molecule has 4 nitrogen and oxygen atoms in total. The lowest BCUT2D eigenvalue weighted by Crippen LogP contribution is -2.48. The Morgan fingerprint density at radius 2 is 2.12 bits per heavy atom. The van der Waals surface area contributed by atoms with Gasteiger partial charge in [0.2, 0.25) is 0 Å². The first-order chi connectivity index (χ1) is 11.8. The number of aromatic nitrogens is 2. The maximum absolute atomic E-state index is 6.01. The smallest absolute Gasteiger partial charge is 0.124 e. The average Bonchev–Trinajstić information content (AvgIpc) is 2.93. The number of benzene rings is 1. The van der Waals surface area contributed by atoms with E-state index in [0.29, 0.717) is 5.92 Å². The van der Waals surface area contributed by atoms with Crippen molar-refractivity contribution in [1.82, 2.24) is 9.55 Å². The first-order valence-corrected chi connectivity index (χ1v) is 8.98. The molecular formula is C21H29N3O. The molecule has 1 aromatic carbocycles. The molecule has 1 atom stereocenters. The van der Waals surface area contributed by atoms with Gasteiger partial charge in [0.1, 0.15) is 5.75 Å². The van der Waals surface area contributed by atoms with Crippen molar-refractivity contribution in [2.24, 2.45) is 13.0 Å². The number of ether oxygens (including phenoxy) is 1. The average molecular weight is 339 g/mol. The molecule has 1 heterocycles. The lowest BCUT2D eigenvalue weighted by molar-refractivity contribution is 0.269. The number of rotatable bonds is 5. The highest BCUT2D eigenvalue weighted by Crippen LogP contribution is 2.34. The summed E-state index contributed by atoms with van der Waals surface area (Å²) in [7, 11) is 4.22. The van der Waals surface area contributed by atoms with Gasteiger partial charge >= 0.3 is 0 Å². The van der Waals surface area contributed by atoms with Gasteiger partial charge in [0.05, 0.1) is 29.2 Å². The van der Waals surface area contributed by atoms with Crippen LogP contribution in [0, 0.1) is 12.8 Å². The summed E-state index contributed by atoms with van der Waals surface area (Å²) in [6.45, 7) is 9.51. The molecule has 1 aliphatic rings. The fourth-order valence-corrected chi connectivity index (χ4v) is 3.34. The molecule has 3 rings (SSSR count). The molecule has 2 aromatic rings. The van der Waals surface area contributed by atoms with E-state index in [1.165, 1.54) is 16.6 Å². The first kappa shape index (κ1) is 17.6. The van der Waals surface area contributed by atoms with Crippen LogP contribution >= 0.6 is 0 Å². The third kappa shape index (κ3) is 3.30. The minimum Gasteiger partial charge on any atom is -0.493 e. The van der Waals surface area contributed by atoms with Gasteiger partial charge in [-0.05, 0) is 44.4 Å². The summed E-state index contributed by atoms with van der Waals surface area (Å²) in [5, 5.41) is 2.27. The van der Waals surface area contributed by atoms with Crippen LogP contribution in [-0.4, -0.2) is 28.7 Å². The second-order valence-electron chi connectivity index (χ2n) is 7.70. The molecule has 25 heavy (non-hydrogen) atoms. The minimum absolute atomic E-state index is 0.0950. The zero-order valence-corrected chi connectivity index (χ0v) is 16.2. The van der Waals surface area contributed by atoms with E-state index in [0.717, 1.165) is 24.1 Å². The zero-order valence-electron chi connectivity index (χ0n) is 16.2. The van der Waals surface area contributed by atoms with Crippen LogP contribution in [0.2, 0.25) is 0 Å². The quantitative estimate of drug-likeness (QED) is 0.839. The zero-order chi connectivity index (χ0) is 18.2. The number of hydrogen-bond donors (Lipinski definition) is 0. The minimum atomic E-state index is -0.0950. The molecule has 0 amide bonds. The second kappa shape index (κ2) is 6.58. The summed E-state index contributed by atoms with van der Waals surface area (Å²) >= 11 is 0. The standard InChI is InChI=1S/C21H29N3O/c1-15(2)13-25-20-9-7-8-18(16(20)3)24(6)21(4)11-10-17-19(12-21)23(5)14-22-17/h7-10,12,14-15H,11,13H2,1-6H3. The summed E-state index contributed by atoms with van der Waals surface area (Å²) in [6.07, 6.45) is 7.38. The lowest BCUT2D eigenvalue weighted by atomic mass is 9.91. The van der Waals surface area contributed by atoms with Crippen molar-refractivity contribution >= 4 is 17.8 Å². The van der Waals surface area contributed by atoms with Crippen LogP contribution in [0.4, 0.5) is 5.69 Å². The molecule has 0 saturated carbocycles. The third-order valence-electron chi connectivity index (χ3n) is 5.12. The predicted molar refractivity (Wildman–Crippen MR) is 104 cm³/mol. The van der Waals surface area contributed by atoms with Crippen LogP contribution in [-0.2, 0) is 7.05 Å². The SMILES string of the molecule is Cc1c(OCC(C)C)cccc1N(C)C1(C)C=c2c(ncn2C)=CC1. The van der Waals surface area contributed by atoms with Crippen LogP contribution in [0.3, 0.4) is 0 Å². The Morgan fingerprint density at radius 1 is 1.36 bits per heavy atom. The van der Waals surface area contributed by atoms with Crippen LogP contribution in [0.5, 0.6) is 5.75 Å². The number of anilines is 1. The summed E-state index contributed by atoms with van der Waals surface area (Å²) in [5.41, 5.74) is 2.30. The van der Waals surface area contributed by atoms with E-state index in [1.54, 1.807) is 0 Å². The van der Waals surface area contributed by atoms with Gasteiger partial charge in [-0.25, -0.2) is 4.98 Å². The van der Waals surface area contributed by atoms with Crippen LogP contribution in [0.15, 0.2) is 24.5 Å². The van der Waals surface area contributed by atoms with Gasteiger partial charge < -0.3 is 14.2 Å². The molecule has 134 valence electrons. The van der Waals surface area contributed by atoms with E-state index in [9.17, 15) is 0 Å². The van der Waals surface area contributed by atoms with Crippen molar-refractivity contribution in [3.63, 3.8) is 0 Å². The fourth-order valence-electron chi connectivity index (χ4n) is 3.34. The monoisotopic (exact) mass is 339 g/mol. The molecule has 0 aliphatic heterocycles. The molecule has 0 saturated heterocycles. The van der Waals surface area contributed by atoms with E-state index in [2.05, 4.69) is 79.5 Å². The van der Waals surface area contributed by atoms with Crippen molar-refractivity contribution in [3.05, 3.63) is 40.8 Å². The first-order valence-electron chi connectivity index (χ1n) is 8.98. The number of imidazole rings is 1. The third-order valence-corrected chi connectivity index (χ3v) is 5.12. The van der Waals surface area contributed by atoms with Crippen molar-refractivity contribution in [1.29, 1.82) is 0 Å². The maximum Gasteiger partial charge on any atom is 0.124 e. The normalized spacial score (nSPS) is 19.2. The van der Waals surface area contributed by atoms with Crippen molar-refractivity contribution < 1.29 is 4.74 Å². The van der Waals surface area contributed by atoms with Crippen molar-refractivity contribution in [2.75, 3.05) is 18.6 Å². The molecule has 1 aromatic heterocycles. The van der Waals surface area contributed by atoms with E-state index >= 15 is 0 Å². The molecule has 0 fully saturated rings. The molecule has 4 heteroatoms. The van der Waals surface area contributed by atoms with E-state index in [1.807, 2.05) is 13.4 Å². The van der Waals surface area contributed by atoms with Gasteiger partial charge in [-0.15, -0.1) is 0 Å².